The lowest BCUT2D eigenvalue weighted by atomic mass is 9.85. The number of aliphatic imine (C=N–C) groups is 1. The number of carbonyl (C=O) groups excluding carboxylic acids is 2. The summed E-state index contributed by atoms with van der Waals surface area (Å²) in [7, 11) is 1.73. The Hall–Kier alpha value is -2.10. The minimum atomic E-state index is -0.124. The highest BCUT2D eigenvalue weighted by Gasteiger charge is 2.58. The van der Waals surface area contributed by atoms with Crippen molar-refractivity contribution in [3.05, 3.63) is 42.0 Å². The lowest BCUT2D eigenvalue weighted by Crippen LogP contribution is -2.45. The summed E-state index contributed by atoms with van der Waals surface area (Å²) in [5.41, 5.74) is 2.51. The van der Waals surface area contributed by atoms with Gasteiger partial charge in [0.05, 0.1) is 11.8 Å². The smallest absolute Gasteiger partial charge is 0.233 e. The van der Waals surface area contributed by atoms with Gasteiger partial charge >= 0.3 is 0 Å². The van der Waals surface area contributed by atoms with Crippen molar-refractivity contribution in [3.8, 4) is 0 Å². The SMILES string of the molecule is CCN(CCNC(=NC)NCCN1C(=O)C2C3C=CC(C3)C2C1=O)c1ccccc1C.I. The van der Waals surface area contributed by atoms with E-state index in [4.69, 9.17) is 0 Å². The van der Waals surface area contributed by atoms with Crippen molar-refractivity contribution in [2.75, 3.05) is 44.7 Å². The molecule has 4 atom stereocenters. The molecule has 0 spiro atoms. The molecule has 4 unspecified atom stereocenters. The van der Waals surface area contributed by atoms with Gasteiger partial charge in [-0.3, -0.25) is 19.5 Å². The highest BCUT2D eigenvalue weighted by Crippen LogP contribution is 2.52. The van der Waals surface area contributed by atoms with Crippen LogP contribution in [0.25, 0.3) is 0 Å². The number of likely N-dealkylation sites (tertiary alicyclic amines) is 1. The molecule has 8 heteroatoms. The summed E-state index contributed by atoms with van der Waals surface area (Å²) in [4.78, 5) is 33.6. The van der Waals surface area contributed by atoms with Crippen molar-refractivity contribution in [3.63, 3.8) is 0 Å². The summed E-state index contributed by atoms with van der Waals surface area (Å²) >= 11 is 0. The summed E-state index contributed by atoms with van der Waals surface area (Å²) in [6.45, 7) is 7.68. The number of imide groups is 1. The molecule has 1 aromatic rings. The van der Waals surface area contributed by atoms with Crippen molar-refractivity contribution < 1.29 is 9.59 Å². The van der Waals surface area contributed by atoms with Gasteiger partial charge in [0.1, 0.15) is 0 Å². The van der Waals surface area contributed by atoms with E-state index in [1.165, 1.54) is 16.2 Å². The number of fused-ring (bicyclic) bond motifs is 5. The number of hydrogen-bond donors (Lipinski definition) is 2. The molecule has 174 valence electrons. The maximum Gasteiger partial charge on any atom is 0.233 e. The minimum Gasteiger partial charge on any atom is -0.370 e. The number of guanidine groups is 1. The zero-order chi connectivity index (χ0) is 22.0. The number of nitrogens with zero attached hydrogens (tertiary/aromatic N) is 3. The Bertz CT molecular complexity index is 872. The Morgan fingerprint density at radius 2 is 1.72 bits per heavy atom. The largest absolute Gasteiger partial charge is 0.370 e. The molecule has 2 bridgehead atoms. The van der Waals surface area contributed by atoms with E-state index in [0.717, 1.165) is 26.1 Å². The average Bonchev–Trinajstić information content (AvgIpc) is 3.46. The highest BCUT2D eigenvalue weighted by molar-refractivity contribution is 14.0. The van der Waals surface area contributed by atoms with Crippen molar-refractivity contribution in [1.82, 2.24) is 15.5 Å². The molecule has 4 rings (SSSR count). The third-order valence-corrected chi connectivity index (χ3v) is 6.93. The van der Waals surface area contributed by atoms with Gasteiger partial charge in [-0.25, -0.2) is 0 Å². The summed E-state index contributed by atoms with van der Waals surface area (Å²) < 4.78 is 0. The first kappa shape index (κ1) is 24.5. The molecule has 1 saturated carbocycles. The molecule has 1 heterocycles. The second-order valence-corrected chi connectivity index (χ2v) is 8.62. The van der Waals surface area contributed by atoms with Gasteiger partial charge in [0, 0.05) is 45.5 Å². The van der Waals surface area contributed by atoms with Crippen LogP contribution in [-0.2, 0) is 9.59 Å². The lowest BCUT2D eigenvalue weighted by Gasteiger charge is -2.25. The molecule has 2 amide bonds. The maximum atomic E-state index is 12.8. The number of rotatable bonds is 8. The number of allylic oxidation sites excluding steroid dienone is 2. The van der Waals surface area contributed by atoms with Crippen LogP contribution in [0, 0.1) is 30.6 Å². The van der Waals surface area contributed by atoms with Crippen LogP contribution in [0.3, 0.4) is 0 Å². The van der Waals surface area contributed by atoms with E-state index < -0.39 is 0 Å². The van der Waals surface area contributed by atoms with Crippen LogP contribution in [0.4, 0.5) is 5.69 Å². The molecule has 1 saturated heterocycles. The van der Waals surface area contributed by atoms with Gasteiger partial charge in [0.2, 0.25) is 11.8 Å². The second-order valence-electron chi connectivity index (χ2n) is 8.62. The van der Waals surface area contributed by atoms with Crippen LogP contribution in [0.2, 0.25) is 0 Å². The zero-order valence-electron chi connectivity index (χ0n) is 19.1. The van der Waals surface area contributed by atoms with E-state index in [9.17, 15) is 9.59 Å². The maximum absolute atomic E-state index is 12.8. The molecule has 7 nitrogen and oxygen atoms in total. The van der Waals surface area contributed by atoms with Crippen molar-refractivity contribution >= 4 is 47.4 Å². The van der Waals surface area contributed by atoms with Gasteiger partial charge in [-0.05, 0) is 43.7 Å². The number of anilines is 1. The molecule has 0 aromatic heterocycles. The van der Waals surface area contributed by atoms with Crippen LogP contribution < -0.4 is 15.5 Å². The van der Waals surface area contributed by atoms with Crippen molar-refractivity contribution in [2.45, 2.75) is 20.3 Å². The van der Waals surface area contributed by atoms with Gasteiger partial charge in [-0.1, -0.05) is 30.4 Å². The monoisotopic (exact) mass is 551 g/mol. The first-order valence-electron chi connectivity index (χ1n) is 11.3. The summed E-state index contributed by atoms with van der Waals surface area (Å²) in [6, 6.07) is 8.39. The number of hydrogen-bond acceptors (Lipinski definition) is 4. The number of para-hydroxylation sites is 1. The predicted molar refractivity (Wildman–Crippen MR) is 138 cm³/mol. The summed E-state index contributed by atoms with van der Waals surface area (Å²) in [5.74, 6) is 0.966. The van der Waals surface area contributed by atoms with Crippen LogP contribution in [0.1, 0.15) is 18.9 Å². The molecule has 1 aliphatic heterocycles. The van der Waals surface area contributed by atoms with Gasteiger partial charge in [0.15, 0.2) is 5.96 Å². The third-order valence-electron chi connectivity index (χ3n) is 6.93. The Labute approximate surface area is 207 Å². The quantitative estimate of drug-likeness (QED) is 0.171. The number of nitrogens with one attached hydrogen (secondary N) is 2. The second kappa shape index (κ2) is 10.7. The normalized spacial score (nSPS) is 25.7. The van der Waals surface area contributed by atoms with Crippen LogP contribution >= 0.6 is 24.0 Å². The molecule has 2 N–H and O–H groups in total. The van der Waals surface area contributed by atoms with Gasteiger partial charge < -0.3 is 15.5 Å². The van der Waals surface area contributed by atoms with E-state index >= 15 is 0 Å². The predicted octanol–water partition coefficient (Wildman–Crippen LogP) is 2.41. The minimum absolute atomic E-state index is 0. The molecule has 2 aliphatic carbocycles. The van der Waals surface area contributed by atoms with Crippen LogP contribution in [0.5, 0.6) is 0 Å². The highest BCUT2D eigenvalue weighted by atomic mass is 127. The Morgan fingerprint density at radius 3 is 2.31 bits per heavy atom. The number of carbonyl (C=O) groups is 2. The number of aryl methyl sites for hydroxylation is 1. The van der Waals surface area contributed by atoms with Gasteiger partial charge in [-0.15, -0.1) is 24.0 Å². The van der Waals surface area contributed by atoms with E-state index in [2.05, 4.69) is 70.8 Å². The molecule has 2 fully saturated rings. The molecular formula is C24H34IN5O2. The fourth-order valence-corrected chi connectivity index (χ4v) is 5.37. The fraction of sp³-hybridized carbons (Fsp3) is 0.542. The van der Waals surface area contributed by atoms with Crippen molar-refractivity contribution in [2.24, 2.45) is 28.7 Å². The van der Waals surface area contributed by atoms with Crippen LogP contribution in [0.15, 0.2) is 41.4 Å². The average molecular weight is 551 g/mol. The molecule has 32 heavy (non-hydrogen) atoms. The first-order valence-corrected chi connectivity index (χ1v) is 11.3. The van der Waals surface area contributed by atoms with E-state index in [-0.39, 0.29) is 59.5 Å². The van der Waals surface area contributed by atoms with E-state index in [1.807, 2.05) is 0 Å². The van der Waals surface area contributed by atoms with Crippen LogP contribution in [-0.4, -0.2) is 62.4 Å². The third kappa shape index (κ3) is 4.65. The number of halogens is 1. The van der Waals surface area contributed by atoms with Gasteiger partial charge in [-0.2, -0.15) is 0 Å². The first-order chi connectivity index (χ1) is 15.0. The summed E-state index contributed by atoms with van der Waals surface area (Å²) in [6.07, 6.45) is 5.22. The Balaban J connectivity index is 0.00000289. The number of benzene rings is 1. The zero-order valence-corrected chi connectivity index (χ0v) is 21.4. The standard InChI is InChI=1S/C24H33N5O2.HI/c1-4-28(19-8-6-5-7-16(19)2)13-11-26-24(25-3)27-12-14-29-22(30)20-17-9-10-18(15-17)21(20)23(29)31;/h5-10,17-18,20-21H,4,11-15H2,1-3H3,(H2,25,26,27);1H. The number of amides is 2. The topological polar surface area (TPSA) is 77.0 Å². The molecule has 1 aromatic carbocycles. The Morgan fingerprint density at radius 1 is 1.09 bits per heavy atom. The van der Waals surface area contributed by atoms with E-state index in [0.29, 0.717) is 19.0 Å². The van der Waals surface area contributed by atoms with Gasteiger partial charge in [0.25, 0.3) is 0 Å². The molecule has 0 radical (unpaired) electrons. The summed E-state index contributed by atoms with van der Waals surface area (Å²) in [5, 5.41) is 6.58. The van der Waals surface area contributed by atoms with E-state index in [1.54, 1.807) is 7.05 Å². The lowest BCUT2D eigenvalue weighted by molar-refractivity contribution is -0.140. The Kier molecular flexibility index (Phi) is 8.19. The molecular weight excluding hydrogens is 517 g/mol. The number of likely N-dealkylation sites (N-methyl/N-ethyl adjacent to an activating group) is 1. The fourth-order valence-electron chi connectivity index (χ4n) is 5.37. The van der Waals surface area contributed by atoms with Crippen molar-refractivity contribution in [1.29, 1.82) is 0 Å². The molecule has 3 aliphatic rings.